The molecule has 3 rings (SSSR count). The molecule has 0 aromatic carbocycles. The zero-order valence-electron chi connectivity index (χ0n) is 14.3. The summed E-state index contributed by atoms with van der Waals surface area (Å²) in [6, 6.07) is 3.74. The molecule has 0 saturated carbocycles. The van der Waals surface area contributed by atoms with E-state index < -0.39 is 10.9 Å². The van der Waals surface area contributed by atoms with Crippen LogP contribution in [-0.2, 0) is 15.2 Å². The number of aromatic nitrogens is 1. The van der Waals surface area contributed by atoms with E-state index >= 15 is 0 Å². The number of rotatable bonds is 3. The van der Waals surface area contributed by atoms with E-state index in [1.165, 1.54) is 7.05 Å². The predicted octanol–water partition coefficient (Wildman–Crippen LogP) is 1.28. The van der Waals surface area contributed by atoms with Gasteiger partial charge in [0.2, 0.25) is 11.8 Å². The van der Waals surface area contributed by atoms with Crippen LogP contribution in [-0.4, -0.2) is 62.3 Å². The summed E-state index contributed by atoms with van der Waals surface area (Å²) in [4.78, 5) is 42.9. The van der Waals surface area contributed by atoms with E-state index in [9.17, 15) is 19.5 Å². The van der Waals surface area contributed by atoms with Crippen molar-refractivity contribution in [3.8, 4) is 0 Å². The van der Waals surface area contributed by atoms with Gasteiger partial charge in [0.15, 0.2) is 0 Å². The van der Waals surface area contributed by atoms with E-state index in [0.29, 0.717) is 31.6 Å². The molecule has 2 fully saturated rings. The van der Waals surface area contributed by atoms with Crippen LogP contribution < -0.4 is 0 Å². The SMILES string of the molecule is Cc1cccnc1C1(O)CCN(C(=O)C[C@H]2SC(=O)N(C)C2=O)CC1. The molecule has 25 heavy (non-hydrogen) atoms. The normalized spacial score (nSPS) is 23.2. The van der Waals surface area contributed by atoms with Crippen molar-refractivity contribution in [1.82, 2.24) is 14.8 Å². The molecule has 0 unspecified atom stereocenters. The van der Waals surface area contributed by atoms with Crippen molar-refractivity contribution in [1.29, 1.82) is 0 Å². The first-order valence-electron chi connectivity index (χ1n) is 8.22. The number of piperidine rings is 1. The largest absolute Gasteiger partial charge is 0.383 e. The maximum Gasteiger partial charge on any atom is 0.288 e. The monoisotopic (exact) mass is 363 g/mol. The predicted molar refractivity (Wildman–Crippen MR) is 92.8 cm³/mol. The van der Waals surface area contributed by atoms with E-state index in [1.54, 1.807) is 11.1 Å². The van der Waals surface area contributed by atoms with Gasteiger partial charge in [0, 0.05) is 32.8 Å². The molecule has 2 aliphatic rings. The Labute approximate surface area is 150 Å². The van der Waals surface area contributed by atoms with Crippen molar-refractivity contribution in [2.24, 2.45) is 0 Å². The number of hydrogen-bond donors (Lipinski definition) is 1. The Bertz CT molecular complexity index is 716. The molecule has 2 saturated heterocycles. The van der Waals surface area contributed by atoms with Gasteiger partial charge in [0.25, 0.3) is 5.24 Å². The fourth-order valence-electron chi connectivity index (χ4n) is 3.31. The lowest BCUT2D eigenvalue weighted by molar-refractivity contribution is -0.138. The molecule has 1 atom stereocenters. The van der Waals surface area contributed by atoms with Crippen LogP contribution >= 0.6 is 11.8 Å². The van der Waals surface area contributed by atoms with Gasteiger partial charge < -0.3 is 10.0 Å². The van der Waals surface area contributed by atoms with Crippen LogP contribution in [0.15, 0.2) is 18.3 Å². The number of nitrogens with zero attached hydrogens (tertiary/aromatic N) is 3. The number of carbonyl (C=O) groups excluding carboxylic acids is 3. The number of thioether (sulfide) groups is 1. The van der Waals surface area contributed by atoms with Gasteiger partial charge >= 0.3 is 0 Å². The van der Waals surface area contributed by atoms with Gasteiger partial charge in [-0.2, -0.15) is 0 Å². The molecule has 0 spiro atoms. The molecule has 1 aromatic rings. The number of hydrogen-bond acceptors (Lipinski definition) is 6. The fourth-order valence-corrected chi connectivity index (χ4v) is 4.29. The first-order valence-corrected chi connectivity index (χ1v) is 9.10. The van der Waals surface area contributed by atoms with Crippen molar-refractivity contribution in [2.45, 2.75) is 37.0 Å². The Balaban J connectivity index is 1.61. The second-order valence-electron chi connectivity index (χ2n) is 6.56. The van der Waals surface area contributed by atoms with Crippen molar-refractivity contribution in [3.63, 3.8) is 0 Å². The van der Waals surface area contributed by atoms with Crippen LogP contribution in [0.5, 0.6) is 0 Å². The summed E-state index contributed by atoms with van der Waals surface area (Å²) in [5, 5.41) is 9.96. The third-order valence-electron chi connectivity index (χ3n) is 4.88. The van der Waals surface area contributed by atoms with E-state index in [0.717, 1.165) is 22.2 Å². The Hall–Kier alpha value is -1.93. The van der Waals surface area contributed by atoms with Crippen molar-refractivity contribution >= 4 is 28.8 Å². The minimum atomic E-state index is -1.03. The molecule has 134 valence electrons. The van der Waals surface area contributed by atoms with Crippen molar-refractivity contribution < 1.29 is 19.5 Å². The minimum absolute atomic E-state index is 0.0145. The Morgan fingerprint density at radius 3 is 2.64 bits per heavy atom. The van der Waals surface area contributed by atoms with E-state index in [1.807, 2.05) is 19.1 Å². The number of carbonyl (C=O) groups is 3. The lowest BCUT2D eigenvalue weighted by Crippen LogP contribution is -2.46. The van der Waals surface area contributed by atoms with Crippen LogP contribution in [0.4, 0.5) is 4.79 Å². The molecule has 7 nitrogen and oxygen atoms in total. The molecule has 8 heteroatoms. The molecule has 0 radical (unpaired) electrons. The van der Waals surface area contributed by atoms with E-state index in [-0.39, 0.29) is 23.5 Å². The topological polar surface area (TPSA) is 90.8 Å². The highest BCUT2D eigenvalue weighted by atomic mass is 32.2. The third kappa shape index (κ3) is 3.41. The van der Waals surface area contributed by atoms with Gasteiger partial charge in [-0.1, -0.05) is 17.8 Å². The summed E-state index contributed by atoms with van der Waals surface area (Å²) in [6.07, 6.45) is 2.48. The highest BCUT2D eigenvalue weighted by Crippen LogP contribution is 2.34. The lowest BCUT2D eigenvalue weighted by atomic mass is 9.85. The lowest BCUT2D eigenvalue weighted by Gasteiger charge is -2.38. The zero-order valence-corrected chi connectivity index (χ0v) is 15.1. The van der Waals surface area contributed by atoms with Gasteiger partial charge in [-0.15, -0.1) is 0 Å². The van der Waals surface area contributed by atoms with Crippen molar-refractivity contribution in [3.05, 3.63) is 29.6 Å². The first kappa shape index (κ1) is 17.9. The van der Waals surface area contributed by atoms with Gasteiger partial charge in [-0.25, -0.2) is 0 Å². The average Bonchev–Trinajstić information content (AvgIpc) is 2.82. The number of imide groups is 1. The molecule has 3 heterocycles. The molecular weight excluding hydrogens is 342 g/mol. The third-order valence-corrected chi connectivity index (χ3v) is 6.00. The molecule has 2 aliphatic heterocycles. The number of amides is 3. The number of aliphatic hydroxyl groups is 1. The van der Waals surface area contributed by atoms with Gasteiger partial charge in [-0.3, -0.25) is 24.3 Å². The summed E-state index contributed by atoms with van der Waals surface area (Å²) in [5.74, 6) is -0.477. The first-order chi connectivity index (χ1) is 11.8. The molecule has 0 bridgehead atoms. The Morgan fingerprint density at radius 2 is 2.08 bits per heavy atom. The molecule has 1 aromatic heterocycles. The number of likely N-dealkylation sites (tertiary alicyclic amines) is 1. The number of pyridine rings is 1. The van der Waals surface area contributed by atoms with Gasteiger partial charge in [0.1, 0.15) is 10.9 Å². The van der Waals surface area contributed by atoms with Crippen LogP contribution in [0.2, 0.25) is 0 Å². The Kier molecular flexibility index (Phi) is 4.83. The van der Waals surface area contributed by atoms with Crippen LogP contribution in [0.1, 0.15) is 30.5 Å². The standard InChI is InChI=1S/C17H21N3O4S/c1-11-4-3-7-18-14(11)17(24)5-8-20(9-6-17)13(21)10-12-15(22)19(2)16(23)25-12/h3-4,7,12,24H,5-6,8-10H2,1-2H3/t12-/m1/s1. The zero-order chi connectivity index (χ0) is 18.2. The molecular formula is C17H21N3O4S. The summed E-state index contributed by atoms with van der Waals surface area (Å²) in [5.41, 5.74) is 0.561. The minimum Gasteiger partial charge on any atom is -0.383 e. The summed E-state index contributed by atoms with van der Waals surface area (Å²) in [7, 11) is 1.43. The van der Waals surface area contributed by atoms with Gasteiger partial charge in [-0.05, 0) is 31.4 Å². The summed E-state index contributed by atoms with van der Waals surface area (Å²) < 4.78 is 0. The second-order valence-corrected chi connectivity index (χ2v) is 7.71. The van der Waals surface area contributed by atoms with Crippen LogP contribution in [0.3, 0.4) is 0 Å². The summed E-state index contributed by atoms with van der Waals surface area (Å²) in [6.45, 7) is 2.72. The number of aryl methyl sites for hydroxylation is 1. The highest BCUT2D eigenvalue weighted by molar-refractivity contribution is 8.15. The second kappa shape index (κ2) is 6.76. The molecule has 0 aliphatic carbocycles. The molecule has 3 amide bonds. The fraction of sp³-hybridized carbons (Fsp3) is 0.529. The van der Waals surface area contributed by atoms with Crippen LogP contribution in [0, 0.1) is 6.92 Å². The van der Waals surface area contributed by atoms with Gasteiger partial charge in [0.05, 0.1) is 5.69 Å². The Morgan fingerprint density at radius 1 is 1.40 bits per heavy atom. The van der Waals surface area contributed by atoms with E-state index in [2.05, 4.69) is 4.98 Å². The smallest absolute Gasteiger partial charge is 0.288 e. The summed E-state index contributed by atoms with van der Waals surface area (Å²) >= 11 is 0.903. The highest BCUT2D eigenvalue weighted by Gasteiger charge is 2.41. The maximum absolute atomic E-state index is 12.5. The van der Waals surface area contributed by atoms with Crippen molar-refractivity contribution in [2.75, 3.05) is 20.1 Å². The maximum atomic E-state index is 12.5. The van der Waals surface area contributed by atoms with Crippen LogP contribution in [0.25, 0.3) is 0 Å². The average molecular weight is 363 g/mol. The molecule has 1 N–H and O–H groups in total. The van der Waals surface area contributed by atoms with E-state index in [4.69, 9.17) is 0 Å². The quantitative estimate of drug-likeness (QED) is 0.870.